The lowest BCUT2D eigenvalue weighted by Gasteiger charge is -2.35. The summed E-state index contributed by atoms with van der Waals surface area (Å²) in [5, 5.41) is 5.20. The molecule has 5 heteroatoms. The van der Waals surface area contributed by atoms with E-state index in [1.165, 1.54) is 51.5 Å². The fourth-order valence-corrected chi connectivity index (χ4v) is 5.54. The van der Waals surface area contributed by atoms with Crippen LogP contribution in [0.15, 0.2) is 34.8 Å². The van der Waals surface area contributed by atoms with Crippen molar-refractivity contribution in [1.29, 1.82) is 0 Å². The van der Waals surface area contributed by atoms with Crippen LogP contribution in [-0.4, -0.2) is 43.1 Å². The average Bonchev–Trinajstić information content (AvgIpc) is 3.21. The number of ether oxygens (including phenoxy) is 1. The van der Waals surface area contributed by atoms with Gasteiger partial charge in [-0.25, -0.2) is 0 Å². The SMILES string of the molecule is COc1c(C(=O)NC[C@H]2CCCN2C2CCCCC2)cc(Br)c2ccccc12. The number of carbonyl (C=O) groups excluding carboxylic acids is 1. The highest BCUT2D eigenvalue weighted by molar-refractivity contribution is 9.10. The van der Waals surface area contributed by atoms with Crippen LogP contribution in [0.4, 0.5) is 0 Å². The normalized spacial score (nSPS) is 21.1. The number of hydrogen-bond donors (Lipinski definition) is 1. The van der Waals surface area contributed by atoms with Crippen LogP contribution in [0.2, 0.25) is 0 Å². The zero-order valence-corrected chi connectivity index (χ0v) is 18.1. The number of benzene rings is 2. The van der Waals surface area contributed by atoms with Gasteiger partial charge in [-0.05, 0) is 43.7 Å². The Hall–Kier alpha value is -1.59. The zero-order chi connectivity index (χ0) is 19.5. The van der Waals surface area contributed by atoms with Gasteiger partial charge in [0.25, 0.3) is 5.91 Å². The van der Waals surface area contributed by atoms with Crippen molar-refractivity contribution in [2.24, 2.45) is 0 Å². The number of halogens is 1. The number of amides is 1. The number of fused-ring (bicyclic) bond motifs is 1. The first-order valence-electron chi connectivity index (χ1n) is 10.5. The Morgan fingerprint density at radius 3 is 2.64 bits per heavy atom. The summed E-state index contributed by atoms with van der Waals surface area (Å²) in [6, 6.07) is 11.0. The van der Waals surface area contributed by atoms with Crippen molar-refractivity contribution in [1.82, 2.24) is 10.2 Å². The summed E-state index contributed by atoms with van der Waals surface area (Å²) in [5.41, 5.74) is 0.593. The lowest BCUT2D eigenvalue weighted by atomic mass is 9.93. The van der Waals surface area contributed by atoms with Gasteiger partial charge in [0.05, 0.1) is 12.7 Å². The molecule has 150 valence electrons. The van der Waals surface area contributed by atoms with Crippen LogP contribution < -0.4 is 10.1 Å². The summed E-state index contributed by atoms with van der Waals surface area (Å²) in [5.74, 6) is 0.589. The van der Waals surface area contributed by atoms with Crippen molar-refractivity contribution in [2.75, 3.05) is 20.2 Å². The molecule has 1 aliphatic heterocycles. The number of rotatable bonds is 5. The Kier molecular flexibility index (Phi) is 6.22. The van der Waals surface area contributed by atoms with E-state index in [1.54, 1.807) is 7.11 Å². The maximum absolute atomic E-state index is 13.0. The summed E-state index contributed by atoms with van der Waals surface area (Å²) in [7, 11) is 1.63. The molecule has 1 N–H and O–H groups in total. The fourth-order valence-electron chi connectivity index (χ4n) is 4.97. The lowest BCUT2D eigenvalue weighted by molar-refractivity contribution is 0.0918. The lowest BCUT2D eigenvalue weighted by Crippen LogP contribution is -2.45. The van der Waals surface area contributed by atoms with Crippen molar-refractivity contribution < 1.29 is 9.53 Å². The molecule has 0 spiro atoms. The van der Waals surface area contributed by atoms with Gasteiger partial charge in [0.15, 0.2) is 0 Å². The number of carbonyl (C=O) groups is 1. The van der Waals surface area contributed by atoms with Crippen LogP contribution in [-0.2, 0) is 0 Å². The molecule has 2 fully saturated rings. The second-order valence-corrected chi connectivity index (χ2v) is 8.87. The molecule has 28 heavy (non-hydrogen) atoms. The van der Waals surface area contributed by atoms with Crippen molar-refractivity contribution >= 4 is 32.6 Å². The number of methoxy groups -OCH3 is 1. The van der Waals surface area contributed by atoms with Gasteiger partial charge in [-0.2, -0.15) is 0 Å². The van der Waals surface area contributed by atoms with Crippen LogP contribution >= 0.6 is 15.9 Å². The van der Waals surface area contributed by atoms with Gasteiger partial charge in [0.2, 0.25) is 0 Å². The Morgan fingerprint density at radius 2 is 1.89 bits per heavy atom. The van der Waals surface area contributed by atoms with Gasteiger partial charge in [0, 0.05) is 28.5 Å². The third kappa shape index (κ3) is 3.92. The summed E-state index contributed by atoms with van der Waals surface area (Å²) in [6.07, 6.45) is 9.12. The van der Waals surface area contributed by atoms with Gasteiger partial charge in [-0.1, -0.05) is 59.5 Å². The molecule has 0 radical (unpaired) electrons. The molecule has 4 rings (SSSR count). The predicted octanol–water partition coefficient (Wildman–Crippen LogP) is 5.14. The topological polar surface area (TPSA) is 41.6 Å². The zero-order valence-electron chi connectivity index (χ0n) is 16.5. The fraction of sp³-hybridized carbons (Fsp3) is 0.522. The Morgan fingerprint density at radius 1 is 1.14 bits per heavy atom. The number of likely N-dealkylation sites (tertiary alicyclic amines) is 1. The monoisotopic (exact) mass is 444 g/mol. The molecule has 0 unspecified atom stereocenters. The Bertz CT molecular complexity index is 848. The molecule has 1 aliphatic carbocycles. The largest absolute Gasteiger partial charge is 0.495 e. The molecule has 1 atom stereocenters. The van der Waals surface area contributed by atoms with E-state index in [1.807, 2.05) is 30.3 Å². The Labute approximate surface area is 175 Å². The van der Waals surface area contributed by atoms with Gasteiger partial charge >= 0.3 is 0 Å². The van der Waals surface area contributed by atoms with E-state index in [4.69, 9.17) is 4.74 Å². The first kappa shape index (κ1) is 19.7. The van der Waals surface area contributed by atoms with Gasteiger partial charge in [0.1, 0.15) is 5.75 Å². The molecule has 0 aromatic heterocycles. The van der Waals surface area contributed by atoms with Crippen molar-refractivity contribution in [2.45, 2.75) is 57.0 Å². The van der Waals surface area contributed by atoms with Gasteiger partial charge in [-0.3, -0.25) is 9.69 Å². The highest BCUT2D eigenvalue weighted by atomic mass is 79.9. The highest BCUT2D eigenvalue weighted by Gasteiger charge is 2.31. The van der Waals surface area contributed by atoms with Crippen LogP contribution in [0.25, 0.3) is 10.8 Å². The van der Waals surface area contributed by atoms with E-state index < -0.39 is 0 Å². The van der Waals surface area contributed by atoms with Crippen molar-refractivity contribution in [3.63, 3.8) is 0 Å². The molecular weight excluding hydrogens is 416 g/mol. The Balaban J connectivity index is 1.49. The molecule has 2 aromatic rings. The first-order valence-corrected chi connectivity index (χ1v) is 11.3. The summed E-state index contributed by atoms with van der Waals surface area (Å²) in [4.78, 5) is 15.7. The van der Waals surface area contributed by atoms with Gasteiger partial charge in [-0.15, -0.1) is 0 Å². The highest BCUT2D eigenvalue weighted by Crippen LogP contribution is 2.35. The minimum atomic E-state index is -0.0567. The number of hydrogen-bond acceptors (Lipinski definition) is 3. The quantitative estimate of drug-likeness (QED) is 0.693. The molecule has 4 nitrogen and oxygen atoms in total. The molecule has 1 saturated heterocycles. The minimum absolute atomic E-state index is 0.0567. The second-order valence-electron chi connectivity index (χ2n) is 8.02. The van der Waals surface area contributed by atoms with E-state index in [0.717, 1.165) is 15.2 Å². The van der Waals surface area contributed by atoms with Crippen LogP contribution in [0, 0.1) is 0 Å². The third-order valence-electron chi connectivity index (χ3n) is 6.36. The molecular formula is C23H29BrN2O2. The van der Waals surface area contributed by atoms with E-state index in [0.29, 0.717) is 29.9 Å². The minimum Gasteiger partial charge on any atom is -0.495 e. The standard InChI is InChI=1S/C23H29BrN2O2/c1-28-22-19-12-6-5-11-18(19)21(24)14-20(22)23(27)25-15-17-10-7-13-26(17)16-8-3-2-4-9-16/h5-6,11-12,14,16-17H,2-4,7-10,13,15H2,1H3,(H,25,27)/t17-/m1/s1. The first-order chi connectivity index (χ1) is 13.7. The van der Waals surface area contributed by atoms with Crippen LogP contribution in [0.5, 0.6) is 5.75 Å². The maximum atomic E-state index is 13.0. The molecule has 1 heterocycles. The van der Waals surface area contributed by atoms with E-state index in [9.17, 15) is 4.79 Å². The molecule has 2 aromatic carbocycles. The molecule has 1 amide bonds. The molecule has 1 saturated carbocycles. The third-order valence-corrected chi connectivity index (χ3v) is 7.01. The van der Waals surface area contributed by atoms with E-state index >= 15 is 0 Å². The van der Waals surface area contributed by atoms with Crippen molar-refractivity contribution in [3.8, 4) is 5.75 Å². The van der Waals surface area contributed by atoms with E-state index in [-0.39, 0.29) is 5.91 Å². The summed E-state index contributed by atoms with van der Waals surface area (Å²) >= 11 is 3.61. The van der Waals surface area contributed by atoms with Crippen LogP contribution in [0.3, 0.4) is 0 Å². The molecule has 2 aliphatic rings. The molecule has 0 bridgehead atoms. The number of nitrogens with one attached hydrogen (secondary N) is 1. The summed E-state index contributed by atoms with van der Waals surface area (Å²) in [6.45, 7) is 1.89. The maximum Gasteiger partial charge on any atom is 0.255 e. The summed E-state index contributed by atoms with van der Waals surface area (Å²) < 4.78 is 6.55. The van der Waals surface area contributed by atoms with Crippen LogP contribution in [0.1, 0.15) is 55.3 Å². The average molecular weight is 445 g/mol. The van der Waals surface area contributed by atoms with E-state index in [2.05, 4.69) is 26.1 Å². The predicted molar refractivity (Wildman–Crippen MR) is 117 cm³/mol. The van der Waals surface area contributed by atoms with Gasteiger partial charge < -0.3 is 10.1 Å². The second kappa shape index (κ2) is 8.83. The number of nitrogens with zero attached hydrogens (tertiary/aromatic N) is 1. The smallest absolute Gasteiger partial charge is 0.255 e. The van der Waals surface area contributed by atoms with Crippen molar-refractivity contribution in [3.05, 3.63) is 40.4 Å².